The lowest BCUT2D eigenvalue weighted by atomic mass is 9.80. The maximum absolute atomic E-state index is 6.80. The second-order valence-electron chi connectivity index (χ2n) is 19.2. The molecule has 372 valence electrons. The first-order chi connectivity index (χ1) is 32.3. The molecule has 0 N–H and O–H groups in total. The van der Waals surface area contributed by atoms with Gasteiger partial charge < -0.3 is 33.2 Å². The Balaban J connectivity index is 1.27. The first-order valence-corrected chi connectivity index (χ1v) is 26.3. The fraction of sp³-hybridized carbons (Fsp3) is 0.661. The van der Waals surface area contributed by atoms with Gasteiger partial charge in [-0.15, -0.1) is 6.58 Å². The van der Waals surface area contributed by atoms with Crippen molar-refractivity contribution in [2.75, 3.05) is 79.3 Å². The second kappa shape index (κ2) is 38.0. The summed E-state index contributed by atoms with van der Waals surface area (Å²) in [6.45, 7) is 22.2. The van der Waals surface area contributed by atoms with Gasteiger partial charge in [0.05, 0.1) is 66.1 Å². The van der Waals surface area contributed by atoms with Gasteiger partial charge in [-0.25, -0.2) is 0 Å². The molecule has 66 heavy (non-hydrogen) atoms. The summed E-state index contributed by atoms with van der Waals surface area (Å²) in [5.74, 6) is 3.18. The summed E-state index contributed by atoms with van der Waals surface area (Å²) in [6.07, 6.45) is 22.4. The number of rotatable bonds is 44. The van der Waals surface area contributed by atoms with Gasteiger partial charge in [0.15, 0.2) is 0 Å². The largest absolute Gasteiger partial charge is 0.379 e. The third-order valence-corrected chi connectivity index (χ3v) is 12.7. The van der Waals surface area contributed by atoms with Crippen LogP contribution in [-0.2, 0) is 38.8 Å². The molecule has 0 fully saturated rings. The van der Waals surface area contributed by atoms with E-state index in [9.17, 15) is 0 Å². The molecule has 3 aromatic carbocycles. The van der Waals surface area contributed by atoms with Crippen LogP contribution in [0, 0.1) is 23.7 Å². The maximum atomic E-state index is 6.80. The van der Waals surface area contributed by atoms with Crippen molar-refractivity contribution < 1.29 is 33.2 Å². The number of hydrogen-bond acceptors (Lipinski definition) is 7. The highest BCUT2D eigenvalue weighted by molar-refractivity contribution is 5.47. The van der Waals surface area contributed by atoms with Gasteiger partial charge in [0, 0.05) is 13.2 Å². The summed E-state index contributed by atoms with van der Waals surface area (Å²) >= 11 is 0. The zero-order valence-corrected chi connectivity index (χ0v) is 42.5. The van der Waals surface area contributed by atoms with E-state index in [0.29, 0.717) is 72.0 Å². The van der Waals surface area contributed by atoms with Crippen LogP contribution in [0.2, 0.25) is 0 Å². The standard InChI is InChI=1S/C59H94O7/c1-7-8-9-10-11-12-22-39-63-49-58(65-40-38-54(6)31-25-30-53(5)29-24-28-52(4)27-23-26-51(2)3)50-64-46-45-61-42-41-60-43-44-62-47-48-66-59(55-32-16-13-17-33-55,56-34-18-14-19-35-56)57-36-20-15-21-37-57/h7,13-21,32-37,51-54,58H,1,8-12,22-31,38-50H2,2-6H3/t52-,53-,54?,58?/m1/s1. The van der Waals surface area contributed by atoms with Crippen LogP contribution in [-0.4, -0.2) is 85.4 Å². The Labute approximate surface area is 404 Å². The zero-order valence-electron chi connectivity index (χ0n) is 42.5. The Morgan fingerprint density at radius 1 is 0.409 bits per heavy atom. The molecule has 4 atom stereocenters. The third kappa shape index (κ3) is 26.0. The van der Waals surface area contributed by atoms with Gasteiger partial charge in [-0.1, -0.05) is 209 Å². The molecule has 3 aromatic rings. The Morgan fingerprint density at radius 2 is 0.803 bits per heavy atom. The molecule has 0 aliphatic carbocycles. The molecule has 0 saturated heterocycles. The van der Waals surface area contributed by atoms with Crippen molar-refractivity contribution >= 4 is 0 Å². The summed E-state index contributed by atoms with van der Waals surface area (Å²) in [6, 6.07) is 31.2. The summed E-state index contributed by atoms with van der Waals surface area (Å²) in [5, 5.41) is 0. The van der Waals surface area contributed by atoms with E-state index < -0.39 is 5.60 Å². The number of allylic oxidation sites excluding steroid dienone is 1. The average Bonchev–Trinajstić information content (AvgIpc) is 3.33. The van der Waals surface area contributed by atoms with E-state index in [1.165, 1.54) is 83.5 Å². The second-order valence-corrected chi connectivity index (χ2v) is 19.2. The Bertz CT molecular complexity index is 1420. The lowest BCUT2D eigenvalue weighted by Crippen LogP contribution is -2.34. The van der Waals surface area contributed by atoms with Crippen molar-refractivity contribution in [3.63, 3.8) is 0 Å². The molecular formula is C59H94O7. The zero-order chi connectivity index (χ0) is 47.2. The smallest absolute Gasteiger partial charge is 0.143 e. The van der Waals surface area contributed by atoms with Gasteiger partial charge in [0.1, 0.15) is 11.7 Å². The summed E-state index contributed by atoms with van der Waals surface area (Å²) in [5.41, 5.74) is 2.48. The minimum atomic E-state index is -0.751. The summed E-state index contributed by atoms with van der Waals surface area (Å²) in [7, 11) is 0. The van der Waals surface area contributed by atoms with Crippen molar-refractivity contribution in [2.24, 2.45) is 23.7 Å². The molecule has 0 spiro atoms. The van der Waals surface area contributed by atoms with Crippen LogP contribution in [0.25, 0.3) is 0 Å². The highest BCUT2D eigenvalue weighted by atomic mass is 16.6. The number of benzene rings is 3. The van der Waals surface area contributed by atoms with Crippen LogP contribution >= 0.6 is 0 Å². The summed E-state index contributed by atoms with van der Waals surface area (Å²) < 4.78 is 42.9. The molecule has 7 nitrogen and oxygen atoms in total. The predicted molar refractivity (Wildman–Crippen MR) is 275 cm³/mol. The molecule has 0 aliphatic rings. The normalized spacial score (nSPS) is 13.8. The van der Waals surface area contributed by atoms with E-state index in [1.807, 2.05) is 24.3 Å². The fourth-order valence-corrected chi connectivity index (χ4v) is 8.65. The van der Waals surface area contributed by atoms with E-state index in [1.54, 1.807) is 0 Å². The van der Waals surface area contributed by atoms with Crippen molar-refractivity contribution in [1.82, 2.24) is 0 Å². The summed E-state index contributed by atoms with van der Waals surface area (Å²) in [4.78, 5) is 0. The number of unbranched alkanes of at least 4 members (excludes halogenated alkanes) is 5. The molecule has 0 heterocycles. The van der Waals surface area contributed by atoms with Gasteiger partial charge in [-0.3, -0.25) is 0 Å². The molecule has 0 aliphatic heterocycles. The van der Waals surface area contributed by atoms with Gasteiger partial charge in [-0.05, 0) is 66.0 Å². The van der Waals surface area contributed by atoms with E-state index in [0.717, 1.165) is 66.9 Å². The first-order valence-electron chi connectivity index (χ1n) is 26.3. The minimum absolute atomic E-state index is 0.0715. The van der Waals surface area contributed by atoms with Crippen LogP contribution in [0.3, 0.4) is 0 Å². The Kier molecular flexibility index (Phi) is 33.1. The van der Waals surface area contributed by atoms with Crippen molar-refractivity contribution in [3.05, 3.63) is 120 Å². The van der Waals surface area contributed by atoms with Crippen molar-refractivity contribution in [3.8, 4) is 0 Å². The molecular weight excluding hydrogens is 821 g/mol. The number of ether oxygens (including phenoxy) is 7. The highest BCUT2D eigenvalue weighted by Crippen LogP contribution is 2.40. The molecule has 0 radical (unpaired) electrons. The highest BCUT2D eigenvalue weighted by Gasteiger charge is 2.37. The van der Waals surface area contributed by atoms with Crippen molar-refractivity contribution in [2.45, 2.75) is 149 Å². The predicted octanol–water partition coefficient (Wildman–Crippen LogP) is 14.5. The SMILES string of the molecule is C=CCCCCCCCOCC(COCCOCCOCCOCCOC(c1ccccc1)(c1ccccc1)c1ccccc1)OCCC(C)CCC[C@H](C)CCC[C@H](C)CCCC(C)C. The van der Waals surface area contributed by atoms with E-state index >= 15 is 0 Å². The van der Waals surface area contributed by atoms with Crippen LogP contribution in [0.4, 0.5) is 0 Å². The Morgan fingerprint density at radius 3 is 1.27 bits per heavy atom. The van der Waals surface area contributed by atoms with Crippen LogP contribution in [0.1, 0.15) is 154 Å². The maximum Gasteiger partial charge on any atom is 0.143 e. The lowest BCUT2D eigenvalue weighted by molar-refractivity contribution is -0.0719. The van der Waals surface area contributed by atoms with E-state index in [-0.39, 0.29) is 6.10 Å². The molecule has 0 aromatic heterocycles. The van der Waals surface area contributed by atoms with Crippen molar-refractivity contribution in [1.29, 1.82) is 0 Å². The quantitative estimate of drug-likeness (QED) is 0.0318. The van der Waals surface area contributed by atoms with Gasteiger partial charge in [-0.2, -0.15) is 0 Å². The third-order valence-electron chi connectivity index (χ3n) is 12.7. The molecule has 3 rings (SSSR count). The minimum Gasteiger partial charge on any atom is -0.379 e. The fourth-order valence-electron chi connectivity index (χ4n) is 8.65. The lowest BCUT2D eigenvalue weighted by Gasteiger charge is -2.36. The van der Waals surface area contributed by atoms with Gasteiger partial charge in [0.25, 0.3) is 0 Å². The topological polar surface area (TPSA) is 64.6 Å². The van der Waals surface area contributed by atoms with E-state index in [2.05, 4.69) is 114 Å². The van der Waals surface area contributed by atoms with Gasteiger partial charge >= 0.3 is 0 Å². The van der Waals surface area contributed by atoms with E-state index in [4.69, 9.17) is 33.2 Å². The monoisotopic (exact) mass is 915 g/mol. The molecule has 0 saturated carbocycles. The molecule has 7 heteroatoms. The molecule has 2 unspecified atom stereocenters. The molecule has 0 amide bonds. The number of hydrogen-bond donors (Lipinski definition) is 0. The first kappa shape index (κ1) is 57.4. The van der Waals surface area contributed by atoms with Crippen LogP contribution < -0.4 is 0 Å². The average molecular weight is 915 g/mol. The van der Waals surface area contributed by atoms with Gasteiger partial charge in [0.2, 0.25) is 0 Å². The molecule has 0 bridgehead atoms. The Hall–Kier alpha value is -2.88. The van der Waals surface area contributed by atoms with Crippen LogP contribution in [0.5, 0.6) is 0 Å². The van der Waals surface area contributed by atoms with Crippen LogP contribution in [0.15, 0.2) is 104 Å².